The van der Waals surface area contributed by atoms with Gasteiger partial charge in [-0.05, 0) is 56.5 Å². The monoisotopic (exact) mass is 278 g/mol. The summed E-state index contributed by atoms with van der Waals surface area (Å²) in [6.07, 6.45) is 1.89. The fraction of sp³-hybridized carbons (Fsp3) is 0.625. The van der Waals surface area contributed by atoms with Crippen LogP contribution in [0.15, 0.2) is 18.2 Å². The maximum Gasteiger partial charge on any atom is 0.123 e. The van der Waals surface area contributed by atoms with E-state index in [1.807, 2.05) is 20.0 Å². The van der Waals surface area contributed by atoms with Crippen LogP contribution < -0.4 is 10.2 Å². The molecule has 3 nitrogen and oxygen atoms in total. The fourth-order valence-electron chi connectivity index (χ4n) is 3.75. The Hall–Kier alpha value is -1.13. The summed E-state index contributed by atoms with van der Waals surface area (Å²) in [5.74, 6) is 0.788. The maximum atomic E-state index is 13.5. The van der Waals surface area contributed by atoms with Crippen molar-refractivity contribution in [3.8, 4) is 0 Å². The molecule has 3 rings (SSSR count). The zero-order valence-corrected chi connectivity index (χ0v) is 12.1. The summed E-state index contributed by atoms with van der Waals surface area (Å²) in [6.45, 7) is 3.92. The Balaban J connectivity index is 1.87. The second kappa shape index (κ2) is 5.34. The molecule has 110 valence electrons. The van der Waals surface area contributed by atoms with E-state index in [2.05, 4.69) is 10.2 Å². The third-order valence-corrected chi connectivity index (χ3v) is 5.05. The SMILES string of the molecule is CNC(C)c1cc(F)ccc1N1CC2CCC(O)C2C1. The molecular formula is C16H23FN2O. The summed E-state index contributed by atoms with van der Waals surface area (Å²) in [5.41, 5.74) is 2.11. The van der Waals surface area contributed by atoms with Crippen molar-refractivity contribution < 1.29 is 9.50 Å². The van der Waals surface area contributed by atoms with Gasteiger partial charge in [0.2, 0.25) is 0 Å². The fourth-order valence-corrected chi connectivity index (χ4v) is 3.75. The minimum atomic E-state index is -0.190. The molecule has 2 fully saturated rings. The third-order valence-electron chi connectivity index (χ3n) is 5.05. The summed E-state index contributed by atoms with van der Waals surface area (Å²) in [7, 11) is 1.89. The Bertz CT molecular complexity index is 493. The lowest BCUT2D eigenvalue weighted by Gasteiger charge is -2.26. The molecular weight excluding hydrogens is 255 g/mol. The molecule has 4 heteroatoms. The second-order valence-corrected chi connectivity index (χ2v) is 6.19. The van der Waals surface area contributed by atoms with Crippen LogP contribution in [0.4, 0.5) is 10.1 Å². The molecule has 1 heterocycles. The zero-order valence-electron chi connectivity index (χ0n) is 12.1. The minimum absolute atomic E-state index is 0.117. The molecule has 0 bridgehead atoms. The Morgan fingerprint density at radius 2 is 2.15 bits per heavy atom. The highest BCUT2D eigenvalue weighted by Gasteiger charge is 2.42. The van der Waals surface area contributed by atoms with Gasteiger partial charge in [-0.25, -0.2) is 4.39 Å². The lowest BCUT2D eigenvalue weighted by molar-refractivity contribution is 0.133. The van der Waals surface area contributed by atoms with Gasteiger partial charge in [0.25, 0.3) is 0 Å². The summed E-state index contributed by atoms with van der Waals surface area (Å²) < 4.78 is 13.5. The summed E-state index contributed by atoms with van der Waals surface area (Å²) in [6, 6.07) is 5.16. The molecule has 2 N–H and O–H groups in total. The molecule has 1 saturated heterocycles. The smallest absolute Gasteiger partial charge is 0.123 e. The topological polar surface area (TPSA) is 35.5 Å². The predicted octanol–water partition coefficient (Wildman–Crippen LogP) is 2.31. The van der Waals surface area contributed by atoms with Crippen LogP contribution in [0.3, 0.4) is 0 Å². The minimum Gasteiger partial charge on any atom is -0.393 e. The van der Waals surface area contributed by atoms with E-state index in [0.29, 0.717) is 11.8 Å². The van der Waals surface area contributed by atoms with E-state index in [4.69, 9.17) is 0 Å². The van der Waals surface area contributed by atoms with Gasteiger partial charge in [0.15, 0.2) is 0 Å². The van der Waals surface area contributed by atoms with Gasteiger partial charge in [0.1, 0.15) is 5.82 Å². The van der Waals surface area contributed by atoms with Gasteiger partial charge in [-0.3, -0.25) is 0 Å². The molecule has 2 aliphatic rings. The lowest BCUT2D eigenvalue weighted by atomic mass is 10.00. The van der Waals surface area contributed by atoms with E-state index in [1.54, 1.807) is 6.07 Å². The van der Waals surface area contributed by atoms with Crippen molar-refractivity contribution in [3.63, 3.8) is 0 Å². The zero-order chi connectivity index (χ0) is 14.3. The first kappa shape index (κ1) is 13.8. The molecule has 0 radical (unpaired) electrons. The number of anilines is 1. The summed E-state index contributed by atoms with van der Waals surface area (Å²) in [5, 5.41) is 13.2. The van der Waals surface area contributed by atoms with Gasteiger partial charge in [-0.2, -0.15) is 0 Å². The number of hydrogen-bond acceptors (Lipinski definition) is 3. The van der Waals surface area contributed by atoms with Crippen LogP contribution in [-0.4, -0.2) is 31.3 Å². The van der Waals surface area contributed by atoms with E-state index in [0.717, 1.165) is 37.2 Å². The highest BCUT2D eigenvalue weighted by atomic mass is 19.1. The van der Waals surface area contributed by atoms with Gasteiger partial charge in [-0.1, -0.05) is 0 Å². The van der Waals surface area contributed by atoms with Crippen LogP contribution in [0.5, 0.6) is 0 Å². The van der Waals surface area contributed by atoms with Gasteiger partial charge < -0.3 is 15.3 Å². The van der Waals surface area contributed by atoms with E-state index in [-0.39, 0.29) is 18.0 Å². The van der Waals surface area contributed by atoms with Gasteiger partial charge in [0, 0.05) is 30.7 Å². The van der Waals surface area contributed by atoms with Crippen LogP contribution in [0.1, 0.15) is 31.4 Å². The van der Waals surface area contributed by atoms with Crippen molar-refractivity contribution in [2.45, 2.75) is 31.9 Å². The molecule has 1 aromatic carbocycles. The highest BCUT2D eigenvalue weighted by molar-refractivity contribution is 5.56. The Labute approximate surface area is 119 Å². The van der Waals surface area contributed by atoms with Gasteiger partial charge in [0.05, 0.1) is 6.10 Å². The number of nitrogens with one attached hydrogen (secondary N) is 1. The van der Waals surface area contributed by atoms with E-state index in [9.17, 15) is 9.50 Å². The number of aliphatic hydroxyl groups is 1. The molecule has 0 amide bonds. The van der Waals surface area contributed by atoms with Crippen LogP contribution >= 0.6 is 0 Å². The first-order valence-corrected chi connectivity index (χ1v) is 7.50. The van der Waals surface area contributed by atoms with Crippen LogP contribution in [0, 0.1) is 17.7 Å². The molecule has 1 aliphatic heterocycles. The van der Waals surface area contributed by atoms with Gasteiger partial charge in [-0.15, -0.1) is 0 Å². The molecule has 1 saturated carbocycles. The number of rotatable bonds is 3. The lowest BCUT2D eigenvalue weighted by Crippen LogP contribution is -2.26. The normalized spacial score (nSPS) is 30.6. The van der Waals surface area contributed by atoms with Crippen molar-refractivity contribution >= 4 is 5.69 Å². The van der Waals surface area contributed by atoms with Crippen molar-refractivity contribution in [2.24, 2.45) is 11.8 Å². The molecule has 20 heavy (non-hydrogen) atoms. The second-order valence-electron chi connectivity index (χ2n) is 6.19. The average Bonchev–Trinajstić information content (AvgIpc) is 3.00. The number of nitrogens with zero attached hydrogens (tertiary/aromatic N) is 1. The van der Waals surface area contributed by atoms with Crippen molar-refractivity contribution in [1.29, 1.82) is 0 Å². The van der Waals surface area contributed by atoms with Gasteiger partial charge >= 0.3 is 0 Å². The highest BCUT2D eigenvalue weighted by Crippen LogP contribution is 2.41. The van der Waals surface area contributed by atoms with E-state index >= 15 is 0 Å². The Morgan fingerprint density at radius 3 is 2.85 bits per heavy atom. The van der Waals surface area contributed by atoms with E-state index < -0.39 is 0 Å². The third kappa shape index (κ3) is 2.31. The van der Waals surface area contributed by atoms with Crippen LogP contribution in [0.25, 0.3) is 0 Å². The van der Waals surface area contributed by atoms with Crippen LogP contribution in [0.2, 0.25) is 0 Å². The number of halogens is 1. The van der Waals surface area contributed by atoms with E-state index in [1.165, 1.54) is 6.07 Å². The largest absolute Gasteiger partial charge is 0.393 e. The van der Waals surface area contributed by atoms with Crippen molar-refractivity contribution in [1.82, 2.24) is 5.32 Å². The number of benzene rings is 1. The Morgan fingerprint density at radius 1 is 1.35 bits per heavy atom. The first-order chi connectivity index (χ1) is 9.60. The molecule has 0 spiro atoms. The maximum absolute atomic E-state index is 13.5. The van der Waals surface area contributed by atoms with Crippen molar-refractivity contribution in [2.75, 3.05) is 25.0 Å². The quantitative estimate of drug-likeness (QED) is 0.890. The molecule has 0 aromatic heterocycles. The Kier molecular flexibility index (Phi) is 3.69. The molecule has 4 unspecified atom stereocenters. The summed E-state index contributed by atoms with van der Waals surface area (Å²) in [4.78, 5) is 2.32. The number of fused-ring (bicyclic) bond motifs is 1. The molecule has 1 aliphatic carbocycles. The van der Waals surface area contributed by atoms with Crippen molar-refractivity contribution in [3.05, 3.63) is 29.6 Å². The standard InChI is InChI=1S/C16H23FN2O/c1-10(18-2)13-7-12(17)4-5-15(13)19-8-11-3-6-16(20)14(11)9-19/h4-5,7,10-11,14,16,18,20H,3,6,8-9H2,1-2H3. The molecule has 4 atom stereocenters. The number of aliphatic hydroxyl groups excluding tert-OH is 1. The summed E-state index contributed by atoms with van der Waals surface area (Å²) >= 11 is 0. The average molecular weight is 278 g/mol. The first-order valence-electron chi connectivity index (χ1n) is 7.50. The number of hydrogen-bond donors (Lipinski definition) is 2. The van der Waals surface area contributed by atoms with Crippen LogP contribution in [-0.2, 0) is 0 Å². The predicted molar refractivity (Wildman–Crippen MR) is 78.3 cm³/mol. The molecule has 1 aromatic rings.